The van der Waals surface area contributed by atoms with Gasteiger partial charge in [0.15, 0.2) is 16.5 Å². The predicted octanol–water partition coefficient (Wildman–Crippen LogP) is 4.70. The molecule has 7 nitrogen and oxygen atoms in total. The van der Waals surface area contributed by atoms with Crippen molar-refractivity contribution in [3.63, 3.8) is 0 Å². The zero-order chi connectivity index (χ0) is 25.3. The van der Waals surface area contributed by atoms with Crippen molar-refractivity contribution in [1.82, 2.24) is 14.7 Å². The lowest BCUT2D eigenvalue weighted by Crippen LogP contribution is -2.48. The Balaban J connectivity index is 1.65. The summed E-state index contributed by atoms with van der Waals surface area (Å²) in [5.74, 6) is 0.424. The van der Waals surface area contributed by atoms with Crippen LogP contribution in [0.25, 0.3) is 22.1 Å². The van der Waals surface area contributed by atoms with Gasteiger partial charge in [-0.2, -0.15) is 0 Å². The highest BCUT2D eigenvalue weighted by atomic mass is 35.6. The topological polar surface area (TPSA) is 81.9 Å². The first-order valence-electron chi connectivity index (χ1n) is 10.7. The largest absolute Gasteiger partial charge is 0.493 e. The van der Waals surface area contributed by atoms with Gasteiger partial charge in [0.2, 0.25) is 15.9 Å². The number of fused-ring (bicyclic) bond motifs is 3. The number of nitrogens with zero attached hydrogens (tertiary/aromatic N) is 2. The molecule has 0 unspecified atom stereocenters. The number of imidazole rings is 1. The summed E-state index contributed by atoms with van der Waals surface area (Å²) in [7, 11) is 1.47. The fraction of sp³-hybridized carbons (Fsp3) is 0.292. The first-order chi connectivity index (χ1) is 16.6. The molecule has 0 saturated heterocycles. The molecule has 0 radical (unpaired) electrons. The number of alkyl halides is 3. The van der Waals surface area contributed by atoms with Crippen LogP contribution >= 0.6 is 46.1 Å². The molecule has 2 aromatic carbocycles. The van der Waals surface area contributed by atoms with Crippen molar-refractivity contribution in [3.8, 4) is 11.5 Å². The Morgan fingerprint density at radius 3 is 2.63 bits per heavy atom. The average Bonchev–Trinajstić information content (AvgIpc) is 3.29. The Labute approximate surface area is 220 Å². The second-order valence-corrected chi connectivity index (χ2v) is 11.6. The zero-order valence-electron chi connectivity index (χ0n) is 19.1. The van der Waals surface area contributed by atoms with E-state index in [9.17, 15) is 9.59 Å². The molecule has 35 heavy (non-hydrogen) atoms. The number of benzene rings is 2. The molecule has 11 heteroatoms. The van der Waals surface area contributed by atoms with E-state index >= 15 is 0 Å². The van der Waals surface area contributed by atoms with Gasteiger partial charge in [0.25, 0.3) is 5.56 Å². The highest BCUT2D eigenvalue weighted by Crippen LogP contribution is 2.36. The Bertz CT molecular complexity index is 1490. The Hall–Kier alpha value is -2.52. The number of thiazole rings is 1. The number of aromatic nitrogens is 2. The maximum atomic E-state index is 13.0. The molecule has 0 aliphatic carbocycles. The molecule has 0 saturated carbocycles. The van der Waals surface area contributed by atoms with E-state index in [2.05, 4.69) is 10.3 Å². The minimum absolute atomic E-state index is 0.124. The van der Waals surface area contributed by atoms with Gasteiger partial charge in [0.05, 0.1) is 22.7 Å². The number of rotatable bonds is 7. The molecule has 184 valence electrons. The van der Waals surface area contributed by atoms with Gasteiger partial charge in [-0.25, -0.2) is 9.38 Å². The van der Waals surface area contributed by atoms with Gasteiger partial charge >= 0.3 is 0 Å². The summed E-state index contributed by atoms with van der Waals surface area (Å²) in [6, 6.07) is 12.6. The molecule has 4 aromatic rings. The van der Waals surface area contributed by atoms with Crippen LogP contribution in [0.15, 0.2) is 47.3 Å². The van der Waals surface area contributed by atoms with Crippen LogP contribution in [0.5, 0.6) is 11.5 Å². The number of carbonyl (C=O) groups is 1. The molecule has 1 amide bonds. The van der Waals surface area contributed by atoms with Crippen molar-refractivity contribution >= 4 is 74.1 Å². The fourth-order valence-corrected chi connectivity index (χ4v) is 4.80. The molecule has 0 spiro atoms. The standard InChI is InChI=1S/C24H22Cl3N3O4S/c1-13(2)10-20(31)29-22(24(25,26)27)34-17-9-8-14(11-18(17)33-3)12-19-21(32)30-16-7-5-4-6-15(16)28-23(30)35-19/h4-9,11-13,22H,10H2,1-3H3,(H,29,31)/b19-12-/t22-/m0/s1. The number of hydrogen-bond donors (Lipinski definition) is 1. The van der Waals surface area contributed by atoms with Crippen molar-refractivity contribution in [3.05, 3.63) is 62.9 Å². The van der Waals surface area contributed by atoms with Crippen molar-refractivity contribution in [2.24, 2.45) is 5.92 Å². The molecule has 0 fully saturated rings. The monoisotopic (exact) mass is 553 g/mol. The summed E-state index contributed by atoms with van der Waals surface area (Å²) in [4.78, 5) is 30.4. The third-order valence-corrected chi connectivity index (χ3v) is 6.62. The maximum Gasteiger partial charge on any atom is 0.274 e. The van der Waals surface area contributed by atoms with Crippen molar-refractivity contribution in [2.75, 3.05) is 7.11 Å². The lowest BCUT2D eigenvalue weighted by atomic mass is 10.1. The van der Waals surface area contributed by atoms with E-state index in [0.717, 1.165) is 11.0 Å². The summed E-state index contributed by atoms with van der Waals surface area (Å²) in [6.07, 6.45) is 0.761. The molecule has 0 bridgehead atoms. The molecule has 0 aliphatic heterocycles. The third kappa shape index (κ3) is 5.67. The summed E-state index contributed by atoms with van der Waals surface area (Å²) in [5.41, 5.74) is 2.09. The molecule has 1 N–H and O–H groups in total. The lowest BCUT2D eigenvalue weighted by Gasteiger charge is -2.27. The highest BCUT2D eigenvalue weighted by Gasteiger charge is 2.36. The van der Waals surface area contributed by atoms with Gasteiger partial charge in [-0.1, -0.05) is 78.2 Å². The van der Waals surface area contributed by atoms with Crippen LogP contribution in [0.1, 0.15) is 25.8 Å². The van der Waals surface area contributed by atoms with Crippen molar-refractivity contribution < 1.29 is 14.3 Å². The van der Waals surface area contributed by atoms with E-state index in [-0.39, 0.29) is 29.6 Å². The lowest BCUT2D eigenvalue weighted by molar-refractivity contribution is -0.124. The van der Waals surface area contributed by atoms with Crippen molar-refractivity contribution in [1.29, 1.82) is 0 Å². The van der Waals surface area contributed by atoms with Crippen LogP contribution in [0.2, 0.25) is 0 Å². The van der Waals surface area contributed by atoms with Crippen LogP contribution in [-0.4, -0.2) is 32.4 Å². The molecule has 1 atom stereocenters. The predicted molar refractivity (Wildman–Crippen MR) is 141 cm³/mol. The van der Waals surface area contributed by atoms with Gasteiger partial charge in [-0.3, -0.25) is 9.59 Å². The molecule has 0 aliphatic rings. The minimum atomic E-state index is -1.92. The van der Waals surface area contributed by atoms with E-state index in [0.29, 0.717) is 20.8 Å². The van der Waals surface area contributed by atoms with E-state index in [1.165, 1.54) is 18.4 Å². The van der Waals surface area contributed by atoms with Crippen molar-refractivity contribution in [2.45, 2.75) is 30.3 Å². The van der Waals surface area contributed by atoms with Gasteiger partial charge in [0, 0.05) is 6.42 Å². The number of methoxy groups -OCH3 is 1. The van der Waals surface area contributed by atoms with Gasteiger partial charge in [-0.05, 0) is 41.8 Å². The number of ether oxygens (including phenoxy) is 2. The number of amides is 1. The van der Waals surface area contributed by atoms with Crippen LogP contribution in [0.4, 0.5) is 0 Å². The summed E-state index contributed by atoms with van der Waals surface area (Å²) in [6.45, 7) is 3.81. The highest BCUT2D eigenvalue weighted by molar-refractivity contribution is 7.15. The van der Waals surface area contributed by atoms with E-state index in [4.69, 9.17) is 44.3 Å². The molecule has 4 rings (SSSR count). The Kier molecular flexibility index (Phi) is 7.47. The second kappa shape index (κ2) is 10.2. The van der Waals surface area contributed by atoms with Gasteiger partial charge in [0.1, 0.15) is 0 Å². The molecular formula is C24H22Cl3N3O4S. The average molecular weight is 555 g/mol. The Morgan fingerprint density at radius 1 is 1.20 bits per heavy atom. The van der Waals surface area contributed by atoms with Crippen LogP contribution in [0.3, 0.4) is 0 Å². The summed E-state index contributed by atoms with van der Waals surface area (Å²) < 4.78 is 11.5. The second-order valence-electron chi connectivity index (χ2n) is 8.25. The van der Waals surface area contributed by atoms with Gasteiger partial charge < -0.3 is 14.8 Å². The zero-order valence-corrected chi connectivity index (χ0v) is 22.1. The molecule has 2 aromatic heterocycles. The first-order valence-corrected chi connectivity index (χ1v) is 12.6. The quantitative estimate of drug-likeness (QED) is 0.264. The molecular weight excluding hydrogens is 533 g/mol. The minimum Gasteiger partial charge on any atom is -0.493 e. The number of nitrogens with one attached hydrogen (secondary N) is 1. The smallest absolute Gasteiger partial charge is 0.274 e. The number of carbonyl (C=O) groups excluding carboxylic acids is 1. The third-order valence-electron chi connectivity index (χ3n) is 5.06. The number of hydrogen-bond acceptors (Lipinski definition) is 6. The van der Waals surface area contributed by atoms with Gasteiger partial charge in [-0.15, -0.1) is 0 Å². The van der Waals surface area contributed by atoms with E-state index in [1.54, 1.807) is 28.7 Å². The van der Waals surface area contributed by atoms with Crippen LogP contribution in [0, 0.1) is 5.92 Å². The normalized spacial score (nSPS) is 13.5. The van der Waals surface area contributed by atoms with Crippen LogP contribution < -0.4 is 24.9 Å². The van der Waals surface area contributed by atoms with E-state index in [1.807, 2.05) is 38.1 Å². The SMILES string of the molecule is COc1cc(/C=c2\sc3nc4ccccc4n3c2=O)ccc1O[C@H](NC(=O)CC(C)C)C(Cl)(Cl)Cl. The fourth-order valence-electron chi connectivity index (χ4n) is 3.52. The summed E-state index contributed by atoms with van der Waals surface area (Å²) in [5, 5.41) is 2.61. The maximum absolute atomic E-state index is 13.0. The Morgan fingerprint density at radius 2 is 1.94 bits per heavy atom. The van der Waals surface area contributed by atoms with E-state index < -0.39 is 10.0 Å². The summed E-state index contributed by atoms with van der Waals surface area (Å²) >= 11 is 19.5. The molecule has 2 heterocycles. The van der Waals surface area contributed by atoms with Crippen LogP contribution in [-0.2, 0) is 4.79 Å². The number of para-hydroxylation sites is 2. The number of halogens is 3. The first kappa shape index (κ1) is 25.6.